The molecule has 0 atom stereocenters. The van der Waals surface area contributed by atoms with Gasteiger partial charge in [-0.25, -0.2) is 5.01 Å². The number of carbonyl (C=O) groups excluding carboxylic acids is 1. The normalized spacial score (nSPS) is 13.1. The molecule has 0 bridgehead atoms. The van der Waals surface area contributed by atoms with Gasteiger partial charge in [0, 0.05) is 12.0 Å². The topological polar surface area (TPSA) is 74.9 Å². The van der Waals surface area contributed by atoms with Gasteiger partial charge in [0.05, 0.1) is 44.5 Å². The van der Waals surface area contributed by atoms with Gasteiger partial charge in [0.2, 0.25) is 5.91 Å². The number of amides is 1. The zero-order valence-electron chi connectivity index (χ0n) is 14.7. The molecule has 0 saturated carbocycles. The van der Waals surface area contributed by atoms with E-state index in [0.29, 0.717) is 30.0 Å². The van der Waals surface area contributed by atoms with E-state index < -0.39 is 0 Å². The molecule has 0 radical (unpaired) electrons. The third kappa shape index (κ3) is 3.67. The van der Waals surface area contributed by atoms with Crippen LogP contribution in [0.3, 0.4) is 0 Å². The molecule has 1 aliphatic heterocycles. The fraction of sp³-hybridized carbons (Fsp3) is 0.250. The Kier molecular flexibility index (Phi) is 5.18. The summed E-state index contributed by atoms with van der Waals surface area (Å²) in [5.41, 5.74) is 3.10. The first-order valence-electron chi connectivity index (χ1n) is 8.24. The number of nitrogens with zero attached hydrogens (tertiary/aromatic N) is 3. The lowest BCUT2D eigenvalue weighted by atomic mass is 10.1. The standard InChI is InChI=1S/C20H19N3O3/c1-25-18-7-6-16(12-19(18)26-2)17-8-9-23(22-17)20(24)11-14-4-3-5-15(10-14)13-21/h3-7,10,12H,8-9,11H2,1-2H3. The van der Waals surface area contributed by atoms with Gasteiger partial charge in [-0.3, -0.25) is 4.79 Å². The summed E-state index contributed by atoms with van der Waals surface area (Å²) in [5.74, 6) is 1.20. The quantitative estimate of drug-likeness (QED) is 0.832. The van der Waals surface area contributed by atoms with Gasteiger partial charge in [0.25, 0.3) is 0 Å². The number of benzene rings is 2. The van der Waals surface area contributed by atoms with E-state index in [1.165, 1.54) is 5.01 Å². The van der Waals surface area contributed by atoms with E-state index in [4.69, 9.17) is 14.7 Å². The van der Waals surface area contributed by atoms with Crippen LogP contribution in [-0.4, -0.2) is 37.4 Å². The maximum absolute atomic E-state index is 12.5. The average Bonchev–Trinajstić information content (AvgIpc) is 3.18. The summed E-state index contributed by atoms with van der Waals surface area (Å²) >= 11 is 0. The van der Waals surface area contributed by atoms with E-state index >= 15 is 0 Å². The van der Waals surface area contributed by atoms with Crippen molar-refractivity contribution in [3.05, 3.63) is 59.2 Å². The monoisotopic (exact) mass is 349 g/mol. The Hall–Kier alpha value is -3.33. The minimum Gasteiger partial charge on any atom is -0.493 e. The smallest absolute Gasteiger partial charge is 0.247 e. The molecule has 6 heteroatoms. The summed E-state index contributed by atoms with van der Waals surface area (Å²) in [5, 5.41) is 14.9. The van der Waals surface area contributed by atoms with Crippen molar-refractivity contribution < 1.29 is 14.3 Å². The lowest BCUT2D eigenvalue weighted by Crippen LogP contribution is -2.25. The van der Waals surface area contributed by atoms with Gasteiger partial charge >= 0.3 is 0 Å². The SMILES string of the molecule is COc1ccc(C2=NN(C(=O)Cc3cccc(C#N)c3)CC2)cc1OC. The van der Waals surface area contributed by atoms with E-state index in [1.807, 2.05) is 24.3 Å². The minimum absolute atomic E-state index is 0.0874. The van der Waals surface area contributed by atoms with Crippen LogP contribution in [0, 0.1) is 11.3 Å². The van der Waals surface area contributed by atoms with Crippen LogP contribution in [-0.2, 0) is 11.2 Å². The number of carbonyl (C=O) groups is 1. The van der Waals surface area contributed by atoms with Crippen molar-refractivity contribution in [2.75, 3.05) is 20.8 Å². The summed E-state index contributed by atoms with van der Waals surface area (Å²) < 4.78 is 10.6. The molecule has 3 rings (SSSR count). The zero-order chi connectivity index (χ0) is 18.5. The van der Waals surface area contributed by atoms with E-state index in [-0.39, 0.29) is 12.3 Å². The molecule has 1 heterocycles. The molecular formula is C20H19N3O3. The number of hydrazone groups is 1. The van der Waals surface area contributed by atoms with Crippen LogP contribution in [0.4, 0.5) is 0 Å². The largest absolute Gasteiger partial charge is 0.493 e. The highest BCUT2D eigenvalue weighted by atomic mass is 16.5. The summed E-state index contributed by atoms with van der Waals surface area (Å²) in [4.78, 5) is 12.5. The molecule has 1 amide bonds. The Bertz CT molecular complexity index is 899. The Morgan fingerprint density at radius 3 is 2.73 bits per heavy atom. The summed E-state index contributed by atoms with van der Waals surface area (Å²) in [6.07, 6.45) is 0.900. The maximum atomic E-state index is 12.5. The number of ether oxygens (including phenoxy) is 2. The van der Waals surface area contributed by atoms with Crippen molar-refractivity contribution >= 4 is 11.6 Å². The molecule has 132 valence electrons. The molecule has 26 heavy (non-hydrogen) atoms. The molecule has 0 aliphatic carbocycles. The van der Waals surface area contributed by atoms with E-state index in [2.05, 4.69) is 11.2 Å². The van der Waals surface area contributed by atoms with Crippen LogP contribution in [0.25, 0.3) is 0 Å². The fourth-order valence-electron chi connectivity index (χ4n) is 2.87. The molecule has 0 unspecified atom stereocenters. The van der Waals surface area contributed by atoms with Crippen LogP contribution in [0.5, 0.6) is 11.5 Å². The number of methoxy groups -OCH3 is 2. The van der Waals surface area contributed by atoms with Gasteiger partial charge in [-0.2, -0.15) is 10.4 Å². The Balaban J connectivity index is 1.74. The van der Waals surface area contributed by atoms with E-state index in [9.17, 15) is 4.79 Å². The molecule has 1 aliphatic rings. The number of hydrogen-bond donors (Lipinski definition) is 0. The second-order valence-corrected chi connectivity index (χ2v) is 5.87. The number of nitriles is 1. The molecule has 2 aromatic rings. The van der Waals surface area contributed by atoms with Gasteiger partial charge in [-0.15, -0.1) is 0 Å². The van der Waals surface area contributed by atoms with Crippen LogP contribution in [0.2, 0.25) is 0 Å². The highest BCUT2D eigenvalue weighted by Crippen LogP contribution is 2.29. The summed E-state index contributed by atoms with van der Waals surface area (Å²) in [7, 11) is 3.18. The number of hydrogen-bond acceptors (Lipinski definition) is 5. The van der Waals surface area contributed by atoms with Crippen LogP contribution < -0.4 is 9.47 Å². The molecule has 0 saturated heterocycles. The van der Waals surface area contributed by atoms with Gasteiger partial charge < -0.3 is 9.47 Å². The van der Waals surface area contributed by atoms with Crippen molar-refractivity contribution in [1.29, 1.82) is 5.26 Å². The second-order valence-electron chi connectivity index (χ2n) is 5.87. The first-order chi connectivity index (χ1) is 12.6. The number of rotatable bonds is 5. The van der Waals surface area contributed by atoms with Crippen molar-refractivity contribution in [3.8, 4) is 17.6 Å². The Labute approximate surface area is 152 Å². The minimum atomic E-state index is -0.0874. The predicted molar refractivity (Wildman–Crippen MR) is 97.3 cm³/mol. The highest BCUT2D eigenvalue weighted by molar-refractivity contribution is 6.03. The van der Waals surface area contributed by atoms with Crippen molar-refractivity contribution in [3.63, 3.8) is 0 Å². The highest BCUT2D eigenvalue weighted by Gasteiger charge is 2.22. The fourth-order valence-corrected chi connectivity index (χ4v) is 2.87. The molecule has 0 N–H and O–H groups in total. The maximum Gasteiger partial charge on any atom is 0.247 e. The summed E-state index contributed by atoms with van der Waals surface area (Å²) in [6, 6.07) is 14.8. The zero-order valence-corrected chi connectivity index (χ0v) is 14.7. The van der Waals surface area contributed by atoms with Crippen LogP contribution >= 0.6 is 0 Å². The third-order valence-corrected chi connectivity index (χ3v) is 4.22. The molecule has 0 spiro atoms. The first-order valence-corrected chi connectivity index (χ1v) is 8.24. The van der Waals surface area contributed by atoms with Crippen LogP contribution in [0.15, 0.2) is 47.6 Å². The molecule has 0 fully saturated rings. The van der Waals surface area contributed by atoms with Crippen molar-refractivity contribution in [2.24, 2.45) is 5.10 Å². The molecule has 6 nitrogen and oxygen atoms in total. The van der Waals surface area contributed by atoms with Crippen molar-refractivity contribution in [1.82, 2.24) is 5.01 Å². The molecular weight excluding hydrogens is 330 g/mol. The van der Waals surface area contributed by atoms with E-state index in [1.54, 1.807) is 32.4 Å². The average molecular weight is 349 g/mol. The van der Waals surface area contributed by atoms with Gasteiger partial charge in [-0.1, -0.05) is 12.1 Å². The lowest BCUT2D eigenvalue weighted by Gasteiger charge is -2.11. The predicted octanol–water partition coefficient (Wildman–Crippen LogP) is 2.75. The van der Waals surface area contributed by atoms with E-state index in [0.717, 1.165) is 16.8 Å². The first kappa shape index (κ1) is 17.5. The van der Waals surface area contributed by atoms with Crippen LogP contribution in [0.1, 0.15) is 23.1 Å². The second kappa shape index (κ2) is 7.70. The summed E-state index contributed by atoms with van der Waals surface area (Å²) in [6.45, 7) is 0.542. The molecule has 2 aromatic carbocycles. The molecule has 0 aromatic heterocycles. The third-order valence-electron chi connectivity index (χ3n) is 4.22. The van der Waals surface area contributed by atoms with Gasteiger partial charge in [0.15, 0.2) is 11.5 Å². The Morgan fingerprint density at radius 2 is 2.00 bits per heavy atom. The Morgan fingerprint density at radius 1 is 1.19 bits per heavy atom. The van der Waals surface area contributed by atoms with Gasteiger partial charge in [-0.05, 0) is 35.9 Å². The lowest BCUT2D eigenvalue weighted by molar-refractivity contribution is -0.130. The van der Waals surface area contributed by atoms with Crippen molar-refractivity contribution in [2.45, 2.75) is 12.8 Å². The van der Waals surface area contributed by atoms with Gasteiger partial charge in [0.1, 0.15) is 0 Å².